The molecule has 22 heteroatoms. The first-order valence-electron chi connectivity index (χ1n) is 10.8. The van der Waals surface area contributed by atoms with Crippen LogP contribution >= 0.6 is 27.4 Å². The molecule has 19 nitrogen and oxygen atoms in total. The first kappa shape index (κ1) is 33.9. The third-order valence-corrected chi connectivity index (χ3v) is 8.41. The molecule has 9 atom stereocenters. The summed E-state index contributed by atoms with van der Waals surface area (Å²) in [5.41, 5.74) is -1.61. The number of aliphatic hydroxyl groups is 5. The lowest BCUT2D eigenvalue weighted by molar-refractivity contribution is -0.270. The second-order valence-electron chi connectivity index (χ2n) is 7.90. The largest absolute Gasteiger partial charge is 0.483 e. The Labute approximate surface area is 223 Å². The highest BCUT2D eigenvalue weighted by atomic mass is 32.2. The number of carbonyl (C=O) groups excluding carboxylic acids is 1. The quantitative estimate of drug-likeness (QED) is 0.0932. The lowest BCUT2D eigenvalue weighted by Crippen LogP contribution is -2.58. The van der Waals surface area contributed by atoms with Crippen molar-refractivity contribution in [1.29, 1.82) is 0 Å². The van der Waals surface area contributed by atoms with Crippen LogP contribution in [0.1, 0.15) is 6.92 Å². The van der Waals surface area contributed by atoms with Gasteiger partial charge in [0.2, 0.25) is 0 Å². The van der Waals surface area contributed by atoms with Crippen molar-refractivity contribution in [3.63, 3.8) is 0 Å². The highest BCUT2D eigenvalue weighted by Gasteiger charge is 2.48. The van der Waals surface area contributed by atoms with Crippen molar-refractivity contribution in [3.05, 3.63) is 33.1 Å². The molecule has 1 fully saturated rings. The molecule has 0 bridgehead atoms. The molecular formula is C17H28N2O17P2S. The number of phosphoric ester groups is 2. The summed E-state index contributed by atoms with van der Waals surface area (Å²) in [6.45, 7) is -1.42. The topological polar surface area (TPSA) is 294 Å². The minimum absolute atomic E-state index is 0.252. The van der Waals surface area contributed by atoms with Gasteiger partial charge < -0.3 is 44.8 Å². The van der Waals surface area contributed by atoms with E-state index in [0.717, 1.165) is 16.8 Å². The van der Waals surface area contributed by atoms with E-state index < -0.39 is 94.9 Å². The van der Waals surface area contributed by atoms with Gasteiger partial charge in [0.1, 0.15) is 37.3 Å². The predicted molar refractivity (Wildman–Crippen MR) is 127 cm³/mol. The zero-order chi connectivity index (χ0) is 29.5. The maximum atomic E-state index is 12.3. The molecule has 0 aromatic carbocycles. The molecule has 0 aliphatic carbocycles. The molecule has 39 heavy (non-hydrogen) atoms. The monoisotopic (exact) mass is 626 g/mol. The van der Waals surface area contributed by atoms with Crippen molar-refractivity contribution in [1.82, 2.24) is 9.55 Å². The van der Waals surface area contributed by atoms with E-state index in [4.69, 9.17) is 9.47 Å². The molecule has 1 aliphatic heterocycles. The molecule has 1 aliphatic rings. The van der Waals surface area contributed by atoms with E-state index in [9.17, 15) is 58.8 Å². The van der Waals surface area contributed by atoms with Gasteiger partial charge in [-0.15, -0.1) is 0 Å². The van der Waals surface area contributed by atoms with Crippen LogP contribution in [0.3, 0.4) is 0 Å². The molecule has 1 aromatic heterocycles. The van der Waals surface area contributed by atoms with E-state index in [1.807, 2.05) is 4.98 Å². The first-order chi connectivity index (χ1) is 18.0. The third-order valence-electron chi connectivity index (χ3n) is 4.91. The number of hydrogen-bond acceptors (Lipinski definition) is 16. The maximum absolute atomic E-state index is 12.3. The number of ether oxygens (including phenoxy) is 2. The van der Waals surface area contributed by atoms with Crippen LogP contribution in [0, 0.1) is 0 Å². The second kappa shape index (κ2) is 14.5. The fourth-order valence-electron chi connectivity index (χ4n) is 2.92. The first-order valence-corrected chi connectivity index (χ1v) is 14.8. The highest BCUT2D eigenvalue weighted by molar-refractivity contribution is 8.13. The highest BCUT2D eigenvalue weighted by Crippen LogP contribution is 2.61. The van der Waals surface area contributed by atoms with E-state index in [1.165, 1.54) is 6.92 Å². The number of aromatic amines is 1. The minimum atomic E-state index is -5.62. The molecular weight excluding hydrogens is 598 g/mol. The van der Waals surface area contributed by atoms with Crippen molar-refractivity contribution in [2.24, 2.45) is 0 Å². The van der Waals surface area contributed by atoms with Crippen molar-refractivity contribution in [2.45, 2.75) is 56.6 Å². The Morgan fingerprint density at radius 3 is 2.44 bits per heavy atom. The molecule has 2 heterocycles. The Morgan fingerprint density at radius 2 is 1.85 bits per heavy atom. The Balaban J connectivity index is 2.02. The summed E-state index contributed by atoms with van der Waals surface area (Å²) in [5.74, 6) is -0.252. The number of nitrogens with zero attached hydrogens (tertiary/aromatic N) is 1. The molecule has 8 N–H and O–H groups in total. The van der Waals surface area contributed by atoms with Crippen LogP contribution in [-0.2, 0) is 43.5 Å². The normalized spacial score (nSPS) is 28.3. The van der Waals surface area contributed by atoms with Gasteiger partial charge in [0.05, 0.1) is 19.3 Å². The number of rotatable bonds is 14. The number of aromatic nitrogens is 2. The summed E-state index contributed by atoms with van der Waals surface area (Å²) in [5, 5.41) is 48.7. The van der Waals surface area contributed by atoms with Gasteiger partial charge in [-0.1, -0.05) is 11.8 Å². The van der Waals surface area contributed by atoms with Crippen molar-refractivity contribution in [2.75, 3.05) is 19.0 Å². The van der Waals surface area contributed by atoms with Crippen LogP contribution in [-0.4, -0.2) is 112 Å². The fourth-order valence-corrected chi connectivity index (χ4v) is 5.76. The molecule has 1 saturated heterocycles. The van der Waals surface area contributed by atoms with Crippen molar-refractivity contribution < 1.29 is 72.1 Å². The lowest BCUT2D eigenvalue weighted by atomic mass is 10.0. The van der Waals surface area contributed by atoms with Gasteiger partial charge in [0.25, 0.3) is 5.56 Å². The average Bonchev–Trinajstić information content (AvgIpc) is 2.83. The number of nitrogens with one attached hydrogen (secondary N) is 1. The third kappa shape index (κ3) is 10.5. The summed E-state index contributed by atoms with van der Waals surface area (Å²) in [6, 6.07) is 0.977. The fraction of sp³-hybridized carbons (Fsp3) is 0.706. The summed E-state index contributed by atoms with van der Waals surface area (Å²) in [7, 11) is -11.1. The van der Waals surface area contributed by atoms with Crippen molar-refractivity contribution >= 4 is 32.5 Å². The summed E-state index contributed by atoms with van der Waals surface area (Å²) >= 11 is 0.668. The van der Waals surface area contributed by atoms with Gasteiger partial charge in [0.15, 0.2) is 11.4 Å². The van der Waals surface area contributed by atoms with Crippen LogP contribution in [0.4, 0.5) is 0 Å². The SMILES string of the molecule is CC(=O)SCC1OC(OP(=O)(O)OP(=O)(O)OC[C@@H](OCn2ccc(=O)[nH]c2=O)C(O)CO)[C@H](O)C(O)C1O. The predicted octanol–water partition coefficient (Wildman–Crippen LogP) is -3.43. The zero-order valence-electron chi connectivity index (χ0n) is 20.0. The molecule has 0 amide bonds. The van der Waals surface area contributed by atoms with Gasteiger partial charge in [-0.25, -0.2) is 13.9 Å². The number of H-pyrrole nitrogens is 1. The Bertz CT molecular complexity index is 1180. The number of phosphoric acid groups is 2. The van der Waals surface area contributed by atoms with Gasteiger partial charge in [-0.3, -0.25) is 28.2 Å². The van der Waals surface area contributed by atoms with Gasteiger partial charge in [0, 0.05) is 24.9 Å². The molecule has 0 saturated carbocycles. The van der Waals surface area contributed by atoms with Gasteiger partial charge in [-0.2, -0.15) is 4.31 Å². The number of aliphatic hydroxyl groups excluding tert-OH is 5. The average molecular weight is 626 g/mol. The standard InChI is InChI=1S/C17H28N2O17P2S/c1-8(21)39-6-11-13(24)14(25)15(26)16(34-11)35-38(30,31)36-37(28,29)33-5-10(9(22)4-20)32-7-19-3-2-12(23)18-17(19)27/h2-3,9-11,13-16,20,22,24-26H,4-7H2,1H3,(H,28,29)(H,30,31)(H,18,23,27)/t9?,10-,11?,13?,14?,15-,16?/m1/s1. The van der Waals surface area contributed by atoms with Crippen LogP contribution in [0.5, 0.6) is 0 Å². The smallest absolute Gasteiger partial charge is 0.394 e. The van der Waals surface area contributed by atoms with Crippen LogP contribution in [0.15, 0.2) is 21.9 Å². The van der Waals surface area contributed by atoms with Crippen molar-refractivity contribution in [3.8, 4) is 0 Å². The van der Waals surface area contributed by atoms with E-state index in [-0.39, 0.29) is 5.75 Å². The van der Waals surface area contributed by atoms with Gasteiger partial charge >= 0.3 is 21.3 Å². The molecule has 0 spiro atoms. The van der Waals surface area contributed by atoms with E-state index in [0.29, 0.717) is 11.8 Å². The lowest BCUT2D eigenvalue weighted by Gasteiger charge is -2.40. The Kier molecular flexibility index (Phi) is 12.6. The van der Waals surface area contributed by atoms with Gasteiger partial charge in [-0.05, 0) is 0 Å². The molecule has 2 rings (SSSR count). The van der Waals surface area contributed by atoms with E-state index in [2.05, 4.69) is 13.4 Å². The minimum Gasteiger partial charge on any atom is -0.394 e. The number of thioether (sulfide) groups is 1. The summed E-state index contributed by atoms with van der Waals surface area (Å²) < 4.78 is 48.9. The molecule has 224 valence electrons. The zero-order valence-corrected chi connectivity index (χ0v) is 22.6. The Morgan fingerprint density at radius 1 is 1.18 bits per heavy atom. The Hall–Kier alpha value is -1.32. The summed E-state index contributed by atoms with van der Waals surface area (Å²) in [6.07, 6.45) is -11.7. The van der Waals surface area contributed by atoms with E-state index in [1.54, 1.807) is 0 Å². The molecule has 1 aromatic rings. The number of hydrogen-bond donors (Lipinski definition) is 8. The molecule has 0 radical (unpaired) electrons. The number of carbonyl (C=O) groups is 1. The second-order valence-corrected chi connectivity index (χ2v) is 12.1. The van der Waals surface area contributed by atoms with Crippen LogP contribution in [0.2, 0.25) is 0 Å². The summed E-state index contributed by atoms with van der Waals surface area (Å²) in [4.78, 5) is 55.7. The van der Waals surface area contributed by atoms with Crippen LogP contribution in [0.25, 0.3) is 0 Å². The van der Waals surface area contributed by atoms with E-state index >= 15 is 0 Å². The maximum Gasteiger partial charge on any atom is 0.483 e. The van der Waals surface area contributed by atoms with Crippen LogP contribution < -0.4 is 11.2 Å². The molecule has 7 unspecified atom stereocenters.